The molecule has 2 bridgehead atoms. The van der Waals surface area contributed by atoms with Crippen molar-refractivity contribution in [2.24, 2.45) is 29.6 Å². The van der Waals surface area contributed by atoms with E-state index in [4.69, 9.17) is 0 Å². The van der Waals surface area contributed by atoms with Crippen LogP contribution >= 0.6 is 23.1 Å². The van der Waals surface area contributed by atoms with E-state index in [1.807, 2.05) is 42.6 Å². The van der Waals surface area contributed by atoms with Crippen LogP contribution in [0.25, 0.3) is 0 Å². The van der Waals surface area contributed by atoms with E-state index in [-0.39, 0.29) is 57.4 Å². The van der Waals surface area contributed by atoms with Crippen LogP contribution in [0.3, 0.4) is 0 Å². The number of amides is 2. The second kappa shape index (κ2) is 6.65. The van der Waals surface area contributed by atoms with E-state index in [2.05, 4.69) is 16.0 Å². The summed E-state index contributed by atoms with van der Waals surface area (Å²) >= 11 is 2.98. The third-order valence-corrected chi connectivity index (χ3v) is 10.4. The van der Waals surface area contributed by atoms with Crippen molar-refractivity contribution in [3.8, 4) is 0 Å². The number of imide groups is 1. The number of H-pyrrole nitrogens is 1. The summed E-state index contributed by atoms with van der Waals surface area (Å²) in [6.07, 6.45) is 4.54. The standard InChI is InChI=1S/C24H19N3O3S2/c28-22-17-13-9-14(18(17)23(29)27(22)12-6-2-1-3-7-12)19-16(13)15(11-5-4-8-25-10-11)20-21(31-19)26-24(30)32-20/h1-8,10,13-19H,9H2,(H,26,30)/t13-,14-,15-,16-,17+,18-,19-/m1/s1. The van der Waals surface area contributed by atoms with Gasteiger partial charge in [-0.15, -0.1) is 11.8 Å². The quantitative estimate of drug-likeness (QED) is 0.591. The summed E-state index contributed by atoms with van der Waals surface area (Å²) in [6.45, 7) is 0. The number of aromatic nitrogens is 2. The predicted molar refractivity (Wildman–Crippen MR) is 122 cm³/mol. The zero-order valence-electron chi connectivity index (χ0n) is 16.9. The molecular formula is C24H19N3O3S2. The Balaban J connectivity index is 1.34. The minimum atomic E-state index is -0.272. The van der Waals surface area contributed by atoms with E-state index in [1.165, 1.54) is 16.2 Å². The van der Waals surface area contributed by atoms with Crippen LogP contribution in [0, 0.1) is 29.6 Å². The fourth-order valence-corrected chi connectivity index (χ4v) is 9.67. The van der Waals surface area contributed by atoms with Crippen LogP contribution in [-0.4, -0.2) is 27.0 Å². The zero-order chi connectivity index (χ0) is 21.6. The SMILES string of the molecule is O=C1[C@@H]2[C@H]3C[C@@H]([C@@H]2C(=O)N1c1ccccc1)[C@@H]1[C@@H](c2cccnc2)c2sc(=O)[nH]c2S[C@H]31. The van der Waals surface area contributed by atoms with Crippen LogP contribution in [0.1, 0.15) is 22.8 Å². The van der Waals surface area contributed by atoms with E-state index < -0.39 is 0 Å². The molecule has 32 heavy (non-hydrogen) atoms. The first kappa shape index (κ1) is 18.8. The normalized spacial score (nSPS) is 34.5. The van der Waals surface area contributed by atoms with Gasteiger partial charge in [0.25, 0.3) is 0 Å². The monoisotopic (exact) mass is 461 g/mol. The van der Waals surface area contributed by atoms with Gasteiger partial charge in [-0.25, -0.2) is 0 Å². The van der Waals surface area contributed by atoms with Gasteiger partial charge in [-0.1, -0.05) is 35.6 Å². The Labute approximate surface area is 192 Å². The number of thiazole rings is 1. The number of nitrogens with zero attached hydrogens (tertiary/aromatic N) is 2. The van der Waals surface area contributed by atoms with Gasteiger partial charge in [-0.3, -0.25) is 24.3 Å². The topological polar surface area (TPSA) is 83.1 Å². The Morgan fingerprint density at radius 2 is 1.75 bits per heavy atom. The number of carbonyl (C=O) groups is 2. The van der Waals surface area contributed by atoms with Crippen molar-refractivity contribution in [1.82, 2.24) is 9.97 Å². The van der Waals surface area contributed by atoms with Crippen molar-refractivity contribution < 1.29 is 9.59 Å². The van der Waals surface area contributed by atoms with Gasteiger partial charge in [0, 0.05) is 28.4 Å². The largest absolute Gasteiger partial charge is 0.307 e. The molecule has 3 aromatic rings. The second-order valence-electron chi connectivity index (χ2n) is 9.09. The number of para-hydroxylation sites is 1. The Kier molecular flexibility index (Phi) is 3.91. The van der Waals surface area contributed by atoms with E-state index in [1.54, 1.807) is 18.0 Å². The molecular weight excluding hydrogens is 442 g/mol. The highest BCUT2D eigenvalue weighted by Gasteiger charge is 2.69. The molecule has 0 spiro atoms. The molecule has 6 nitrogen and oxygen atoms in total. The maximum atomic E-state index is 13.6. The average Bonchev–Trinajstić information content (AvgIpc) is 3.53. The first-order valence-electron chi connectivity index (χ1n) is 10.9. The van der Waals surface area contributed by atoms with Crippen LogP contribution in [0.5, 0.6) is 0 Å². The van der Waals surface area contributed by atoms with Crippen molar-refractivity contribution in [3.05, 3.63) is 75.0 Å². The molecule has 2 aliphatic carbocycles. The van der Waals surface area contributed by atoms with Gasteiger partial charge >= 0.3 is 4.87 Å². The summed E-state index contributed by atoms with van der Waals surface area (Å²) in [5.41, 5.74) is 1.75. The van der Waals surface area contributed by atoms with Gasteiger partial charge in [-0.05, 0) is 47.9 Å². The summed E-state index contributed by atoms with van der Waals surface area (Å²) in [5, 5.41) is 1.13. The molecule has 2 aromatic heterocycles. The molecule has 1 aromatic carbocycles. The maximum absolute atomic E-state index is 13.6. The second-order valence-corrected chi connectivity index (χ2v) is 11.3. The lowest BCUT2D eigenvalue weighted by atomic mass is 9.68. The molecule has 3 fully saturated rings. The van der Waals surface area contributed by atoms with Crippen molar-refractivity contribution in [1.29, 1.82) is 0 Å². The number of nitrogens with one attached hydrogen (secondary N) is 1. The number of fused-ring (bicyclic) bond motifs is 9. The van der Waals surface area contributed by atoms with Crippen LogP contribution in [-0.2, 0) is 9.59 Å². The smallest absolute Gasteiger partial charge is 0.305 e. The molecule has 2 saturated carbocycles. The first-order valence-corrected chi connectivity index (χ1v) is 12.6. The van der Waals surface area contributed by atoms with Crippen LogP contribution in [0.2, 0.25) is 0 Å². The number of carbonyl (C=O) groups excluding carboxylic acids is 2. The molecule has 0 radical (unpaired) electrons. The summed E-state index contributed by atoms with van der Waals surface area (Å²) in [6, 6.07) is 13.3. The number of hydrogen-bond donors (Lipinski definition) is 1. The molecule has 1 N–H and O–H groups in total. The van der Waals surface area contributed by atoms with E-state index in [0.29, 0.717) is 5.69 Å². The minimum Gasteiger partial charge on any atom is -0.307 e. The van der Waals surface area contributed by atoms with Gasteiger partial charge in [0.05, 0.1) is 22.5 Å². The molecule has 2 amide bonds. The number of rotatable bonds is 2. The fourth-order valence-electron chi connectivity index (χ4n) is 6.78. The van der Waals surface area contributed by atoms with Gasteiger partial charge in [-0.2, -0.15) is 0 Å². The molecule has 1 saturated heterocycles. The Morgan fingerprint density at radius 1 is 0.969 bits per heavy atom. The number of hydrogen-bond acceptors (Lipinski definition) is 6. The Bertz CT molecular complexity index is 1300. The van der Waals surface area contributed by atoms with E-state index in [9.17, 15) is 14.4 Å². The molecule has 7 atom stereocenters. The average molecular weight is 462 g/mol. The fraction of sp³-hybridized carbons (Fsp3) is 0.333. The lowest BCUT2D eigenvalue weighted by Crippen LogP contribution is -2.42. The zero-order valence-corrected chi connectivity index (χ0v) is 18.5. The minimum absolute atomic E-state index is 0.0264. The van der Waals surface area contributed by atoms with E-state index >= 15 is 0 Å². The number of benzene rings is 1. The highest BCUT2D eigenvalue weighted by Crippen LogP contribution is 2.68. The molecule has 4 aliphatic rings. The number of thioether (sulfide) groups is 1. The summed E-state index contributed by atoms with van der Waals surface area (Å²) in [4.78, 5) is 49.1. The van der Waals surface area contributed by atoms with Gasteiger partial charge in [0.15, 0.2) is 0 Å². The number of pyridine rings is 1. The predicted octanol–water partition coefficient (Wildman–Crippen LogP) is 3.51. The molecule has 2 aliphatic heterocycles. The molecule has 4 heterocycles. The van der Waals surface area contributed by atoms with Crippen molar-refractivity contribution in [3.63, 3.8) is 0 Å². The lowest BCUT2D eigenvalue weighted by Gasteiger charge is -2.42. The van der Waals surface area contributed by atoms with Crippen molar-refractivity contribution >= 4 is 40.6 Å². The molecule has 7 rings (SSSR count). The highest BCUT2D eigenvalue weighted by molar-refractivity contribution is 8.00. The highest BCUT2D eigenvalue weighted by atomic mass is 32.2. The molecule has 0 unspecified atom stereocenters. The summed E-state index contributed by atoms with van der Waals surface area (Å²) in [7, 11) is 0. The summed E-state index contributed by atoms with van der Waals surface area (Å²) in [5.74, 6) is -0.140. The maximum Gasteiger partial charge on any atom is 0.305 e. The molecule has 160 valence electrons. The molecule has 8 heteroatoms. The van der Waals surface area contributed by atoms with Gasteiger partial charge in [0.2, 0.25) is 11.8 Å². The van der Waals surface area contributed by atoms with Crippen molar-refractivity contribution in [2.75, 3.05) is 4.90 Å². The number of aromatic amines is 1. The first-order chi connectivity index (χ1) is 15.6. The summed E-state index contributed by atoms with van der Waals surface area (Å²) < 4.78 is 0. The van der Waals surface area contributed by atoms with Crippen LogP contribution in [0.4, 0.5) is 5.69 Å². The van der Waals surface area contributed by atoms with E-state index in [0.717, 1.165) is 21.9 Å². The Morgan fingerprint density at radius 3 is 2.50 bits per heavy atom. The van der Waals surface area contributed by atoms with Gasteiger partial charge < -0.3 is 4.98 Å². The van der Waals surface area contributed by atoms with Gasteiger partial charge in [0.1, 0.15) is 0 Å². The van der Waals surface area contributed by atoms with Crippen LogP contribution < -0.4 is 9.77 Å². The Hall–Kier alpha value is -2.71. The van der Waals surface area contributed by atoms with Crippen molar-refractivity contribution in [2.45, 2.75) is 22.6 Å². The lowest BCUT2D eigenvalue weighted by molar-refractivity contribution is -0.123. The third-order valence-electron chi connectivity index (χ3n) is 7.78. The van der Waals surface area contributed by atoms with Crippen LogP contribution in [0.15, 0.2) is 64.7 Å². The number of anilines is 1. The third kappa shape index (κ3) is 2.37.